The fourth-order valence-corrected chi connectivity index (χ4v) is 8.11. The first-order valence-electron chi connectivity index (χ1n) is 16.8. The van der Waals surface area contributed by atoms with E-state index in [1.54, 1.807) is 0 Å². The Morgan fingerprint density at radius 2 is 0.939 bits per heavy atom. The van der Waals surface area contributed by atoms with Crippen LogP contribution in [0.5, 0.6) is 0 Å². The summed E-state index contributed by atoms with van der Waals surface area (Å²) in [6, 6.07) is 61.2. The Labute approximate surface area is 281 Å². The molecule has 0 saturated heterocycles. The number of hydrogen-bond acceptors (Lipinski definition) is 1. The number of aromatic nitrogens is 2. The Bertz CT molecular complexity index is 3050. The molecule has 0 bridgehead atoms. The molecule has 0 atom stereocenters. The lowest BCUT2D eigenvalue weighted by molar-refractivity contribution is 0.670. The molecule has 3 aromatic heterocycles. The quantitative estimate of drug-likeness (QED) is 0.192. The van der Waals surface area contributed by atoms with E-state index in [1.807, 2.05) is 0 Å². The summed E-state index contributed by atoms with van der Waals surface area (Å²) in [7, 11) is 0. The van der Waals surface area contributed by atoms with Crippen molar-refractivity contribution in [2.24, 2.45) is 0 Å². The highest BCUT2D eigenvalue weighted by atomic mass is 16.3. The molecular formula is C46H28N2O. The van der Waals surface area contributed by atoms with Gasteiger partial charge >= 0.3 is 0 Å². The largest absolute Gasteiger partial charge is 0.453 e. The lowest BCUT2D eigenvalue weighted by Gasteiger charge is -2.11. The Morgan fingerprint density at radius 3 is 1.73 bits per heavy atom. The molecule has 0 amide bonds. The van der Waals surface area contributed by atoms with Crippen molar-refractivity contribution in [3.05, 3.63) is 170 Å². The average Bonchev–Trinajstić information content (AvgIpc) is 3.83. The van der Waals surface area contributed by atoms with Crippen molar-refractivity contribution >= 4 is 76.3 Å². The van der Waals surface area contributed by atoms with Gasteiger partial charge < -0.3 is 13.6 Å². The predicted molar refractivity (Wildman–Crippen MR) is 205 cm³/mol. The molecule has 0 aliphatic carbocycles. The lowest BCUT2D eigenvalue weighted by atomic mass is 10.0. The normalized spacial score (nSPS) is 12.1. The second kappa shape index (κ2) is 9.96. The van der Waals surface area contributed by atoms with Gasteiger partial charge in [-0.15, -0.1) is 0 Å². The molecule has 11 aromatic rings. The van der Waals surface area contributed by atoms with E-state index in [0.717, 1.165) is 49.7 Å². The van der Waals surface area contributed by atoms with Gasteiger partial charge in [-0.25, -0.2) is 0 Å². The summed E-state index contributed by atoms with van der Waals surface area (Å²) in [5.41, 5.74) is 11.1. The fraction of sp³-hybridized carbons (Fsp3) is 0. The predicted octanol–water partition coefficient (Wildman–Crippen LogP) is 12.6. The molecule has 49 heavy (non-hydrogen) atoms. The van der Waals surface area contributed by atoms with Gasteiger partial charge in [0.25, 0.3) is 0 Å². The molecular weight excluding hydrogens is 597 g/mol. The molecule has 0 radical (unpaired) electrons. The maximum absolute atomic E-state index is 6.87. The lowest BCUT2D eigenvalue weighted by Crippen LogP contribution is -1.96. The molecule has 228 valence electrons. The van der Waals surface area contributed by atoms with Crippen LogP contribution in [0.15, 0.2) is 174 Å². The van der Waals surface area contributed by atoms with Crippen molar-refractivity contribution in [2.45, 2.75) is 0 Å². The number of para-hydroxylation sites is 3. The van der Waals surface area contributed by atoms with Crippen LogP contribution >= 0.6 is 0 Å². The smallest absolute Gasteiger partial charge is 0.159 e. The number of nitrogens with zero attached hydrogens (tertiary/aromatic N) is 2. The third kappa shape index (κ3) is 3.73. The second-order valence-electron chi connectivity index (χ2n) is 12.9. The Morgan fingerprint density at radius 1 is 0.327 bits per heavy atom. The van der Waals surface area contributed by atoms with Crippen molar-refractivity contribution in [2.75, 3.05) is 0 Å². The van der Waals surface area contributed by atoms with Crippen LogP contribution in [0.2, 0.25) is 0 Å². The van der Waals surface area contributed by atoms with E-state index in [9.17, 15) is 0 Å². The fourth-order valence-electron chi connectivity index (χ4n) is 8.11. The highest BCUT2D eigenvalue weighted by molar-refractivity contribution is 6.18. The zero-order valence-corrected chi connectivity index (χ0v) is 26.5. The number of hydrogen-bond donors (Lipinski definition) is 0. The van der Waals surface area contributed by atoms with E-state index < -0.39 is 0 Å². The van der Waals surface area contributed by atoms with Crippen LogP contribution < -0.4 is 0 Å². The standard InChI is InChI=1S/C46H28N2O/c1-2-11-29(12-3-1)31-22-25-42-38(27-31)39-28-32(47-40-18-8-6-15-34(40)35-16-7-9-19-41(35)47)23-26-43(39)48(42)44-20-10-17-36-37-24-21-30-13-4-5-14-33(30)45(37)49-46(36)44/h1-28H. The van der Waals surface area contributed by atoms with Crippen LogP contribution in [0, 0.1) is 0 Å². The van der Waals surface area contributed by atoms with Gasteiger partial charge in [0, 0.05) is 43.4 Å². The molecule has 0 aliphatic heterocycles. The summed E-state index contributed by atoms with van der Waals surface area (Å²) in [4.78, 5) is 0. The van der Waals surface area contributed by atoms with Crippen molar-refractivity contribution in [3.8, 4) is 22.5 Å². The second-order valence-corrected chi connectivity index (χ2v) is 12.9. The monoisotopic (exact) mass is 624 g/mol. The SMILES string of the molecule is c1ccc(-c2ccc3c(c2)c2cc(-n4c5ccccc5c5ccccc54)ccc2n3-c2cccc3c2oc2c4ccccc4ccc32)cc1. The molecule has 3 heterocycles. The summed E-state index contributed by atoms with van der Waals surface area (Å²) in [5, 5.41) is 9.49. The van der Waals surface area contributed by atoms with Gasteiger partial charge in [0.05, 0.1) is 27.8 Å². The van der Waals surface area contributed by atoms with Gasteiger partial charge in [-0.05, 0) is 71.1 Å². The first-order valence-corrected chi connectivity index (χ1v) is 16.8. The minimum atomic E-state index is 0.895. The van der Waals surface area contributed by atoms with Gasteiger partial charge in [-0.1, -0.05) is 115 Å². The molecule has 0 spiro atoms. The van der Waals surface area contributed by atoms with E-state index in [1.165, 1.54) is 49.1 Å². The van der Waals surface area contributed by atoms with Gasteiger partial charge in [0.2, 0.25) is 0 Å². The van der Waals surface area contributed by atoms with Crippen molar-refractivity contribution < 1.29 is 4.42 Å². The van der Waals surface area contributed by atoms with Crippen LogP contribution in [0.3, 0.4) is 0 Å². The molecule has 11 rings (SSSR count). The minimum absolute atomic E-state index is 0.895. The Kier molecular flexibility index (Phi) is 5.38. The maximum Gasteiger partial charge on any atom is 0.159 e. The van der Waals surface area contributed by atoms with Crippen LogP contribution in [-0.2, 0) is 0 Å². The van der Waals surface area contributed by atoms with E-state index in [2.05, 4.69) is 179 Å². The molecule has 0 aliphatic rings. The van der Waals surface area contributed by atoms with Crippen molar-refractivity contribution in [1.29, 1.82) is 0 Å². The molecule has 0 unspecified atom stereocenters. The van der Waals surface area contributed by atoms with Crippen LogP contribution in [-0.4, -0.2) is 9.13 Å². The van der Waals surface area contributed by atoms with Crippen molar-refractivity contribution in [3.63, 3.8) is 0 Å². The summed E-state index contributed by atoms with van der Waals surface area (Å²) in [6.07, 6.45) is 0. The first kappa shape index (κ1) is 26.5. The van der Waals surface area contributed by atoms with E-state index in [-0.39, 0.29) is 0 Å². The molecule has 3 nitrogen and oxygen atoms in total. The number of furan rings is 1. The molecule has 0 saturated carbocycles. The number of benzene rings is 8. The Hall–Kier alpha value is -6.58. The van der Waals surface area contributed by atoms with E-state index in [4.69, 9.17) is 4.42 Å². The van der Waals surface area contributed by atoms with E-state index >= 15 is 0 Å². The minimum Gasteiger partial charge on any atom is -0.453 e. The molecule has 8 aromatic carbocycles. The molecule has 0 fully saturated rings. The third-order valence-corrected chi connectivity index (χ3v) is 10.3. The van der Waals surface area contributed by atoms with Crippen LogP contribution in [0.1, 0.15) is 0 Å². The summed E-state index contributed by atoms with van der Waals surface area (Å²) in [5.74, 6) is 0. The molecule has 3 heteroatoms. The van der Waals surface area contributed by atoms with Gasteiger partial charge in [0.15, 0.2) is 5.58 Å². The number of rotatable bonds is 3. The average molecular weight is 625 g/mol. The first-order chi connectivity index (χ1) is 24.3. The maximum atomic E-state index is 6.87. The highest BCUT2D eigenvalue weighted by Gasteiger charge is 2.20. The Balaban J connectivity index is 1.24. The van der Waals surface area contributed by atoms with Gasteiger partial charge in [-0.2, -0.15) is 0 Å². The summed E-state index contributed by atoms with van der Waals surface area (Å²) >= 11 is 0. The summed E-state index contributed by atoms with van der Waals surface area (Å²) in [6.45, 7) is 0. The topological polar surface area (TPSA) is 23.0 Å². The van der Waals surface area contributed by atoms with E-state index in [0.29, 0.717) is 0 Å². The molecule has 0 N–H and O–H groups in total. The zero-order valence-electron chi connectivity index (χ0n) is 26.5. The highest BCUT2D eigenvalue weighted by Crippen LogP contribution is 2.42. The van der Waals surface area contributed by atoms with Crippen LogP contribution in [0.25, 0.3) is 98.8 Å². The zero-order chi connectivity index (χ0) is 32.1. The number of fused-ring (bicyclic) bond motifs is 11. The van der Waals surface area contributed by atoms with Gasteiger partial charge in [0.1, 0.15) is 5.58 Å². The summed E-state index contributed by atoms with van der Waals surface area (Å²) < 4.78 is 11.7. The van der Waals surface area contributed by atoms with Crippen molar-refractivity contribution in [1.82, 2.24) is 9.13 Å². The third-order valence-electron chi connectivity index (χ3n) is 10.3. The van der Waals surface area contributed by atoms with Crippen LogP contribution in [0.4, 0.5) is 0 Å². The van der Waals surface area contributed by atoms with Gasteiger partial charge in [-0.3, -0.25) is 0 Å².